The van der Waals surface area contributed by atoms with Crippen molar-refractivity contribution >= 4 is 0 Å². The Labute approximate surface area is 117 Å². The zero-order valence-corrected chi connectivity index (χ0v) is 13.3. The van der Waals surface area contributed by atoms with Gasteiger partial charge in [0.15, 0.2) is 0 Å². The van der Waals surface area contributed by atoms with Crippen molar-refractivity contribution in [2.45, 2.75) is 104 Å². The van der Waals surface area contributed by atoms with Gasteiger partial charge in [-0.05, 0) is 12.3 Å². The lowest BCUT2D eigenvalue weighted by atomic mass is 10.0. The molecule has 0 aromatic rings. The monoisotopic (exact) mass is 253 g/mol. The van der Waals surface area contributed by atoms with Gasteiger partial charge in [-0.1, -0.05) is 104 Å². The average molecular weight is 253 g/mol. The Morgan fingerprint density at radius 3 is 1.72 bits per heavy atom. The van der Waals surface area contributed by atoms with Crippen LogP contribution in [0.3, 0.4) is 0 Å². The standard InChI is InChI=1S/C18H37/c1-4-5-6-7-8-9-10-11-12-13-14-15-16-17-18(2)3/h10,18H,4-9,11-17H2,1-3H3. The average Bonchev–Trinajstić information content (AvgIpc) is 2.34. The normalized spacial score (nSPS) is 11.3. The lowest BCUT2D eigenvalue weighted by molar-refractivity contribution is 0.513. The van der Waals surface area contributed by atoms with Crippen LogP contribution in [-0.4, -0.2) is 0 Å². The van der Waals surface area contributed by atoms with E-state index in [1.54, 1.807) is 0 Å². The van der Waals surface area contributed by atoms with Gasteiger partial charge in [0.2, 0.25) is 0 Å². The summed E-state index contributed by atoms with van der Waals surface area (Å²) >= 11 is 0. The summed E-state index contributed by atoms with van der Waals surface area (Å²) < 4.78 is 0. The fraction of sp³-hybridized carbons (Fsp3) is 0.944. The van der Waals surface area contributed by atoms with E-state index in [0.717, 1.165) is 5.92 Å². The Bertz CT molecular complexity index is 137. The van der Waals surface area contributed by atoms with Gasteiger partial charge in [0.05, 0.1) is 0 Å². The quantitative estimate of drug-likeness (QED) is 0.294. The molecule has 1 radical (unpaired) electrons. The number of unbranched alkanes of at least 4 members (excludes halogenated alkanes) is 12. The summed E-state index contributed by atoms with van der Waals surface area (Å²) in [5.41, 5.74) is 0. The molecule has 0 aliphatic heterocycles. The topological polar surface area (TPSA) is 0 Å². The second-order valence-corrected chi connectivity index (χ2v) is 6.23. The van der Waals surface area contributed by atoms with Crippen LogP contribution in [0.4, 0.5) is 0 Å². The van der Waals surface area contributed by atoms with Crippen LogP contribution in [-0.2, 0) is 0 Å². The van der Waals surface area contributed by atoms with Crippen molar-refractivity contribution in [3.8, 4) is 0 Å². The summed E-state index contributed by atoms with van der Waals surface area (Å²) in [5.74, 6) is 0.894. The van der Waals surface area contributed by atoms with Gasteiger partial charge < -0.3 is 0 Å². The maximum absolute atomic E-state index is 2.53. The van der Waals surface area contributed by atoms with Gasteiger partial charge in [0.25, 0.3) is 0 Å². The van der Waals surface area contributed by atoms with E-state index in [9.17, 15) is 0 Å². The fourth-order valence-electron chi connectivity index (χ4n) is 2.41. The number of rotatable bonds is 14. The maximum Gasteiger partial charge on any atom is -0.0386 e. The van der Waals surface area contributed by atoms with E-state index in [1.807, 2.05) is 0 Å². The Kier molecular flexibility index (Phi) is 15.1. The molecular weight excluding hydrogens is 216 g/mol. The van der Waals surface area contributed by atoms with Gasteiger partial charge in [-0.25, -0.2) is 0 Å². The molecule has 0 bridgehead atoms. The van der Waals surface area contributed by atoms with Crippen LogP contribution in [0.5, 0.6) is 0 Å². The molecule has 0 saturated heterocycles. The second-order valence-electron chi connectivity index (χ2n) is 6.23. The van der Waals surface area contributed by atoms with E-state index < -0.39 is 0 Å². The second kappa shape index (κ2) is 15.1. The molecule has 0 saturated carbocycles. The van der Waals surface area contributed by atoms with E-state index in [-0.39, 0.29) is 0 Å². The molecule has 0 amide bonds. The minimum Gasteiger partial charge on any atom is -0.0654 e. The Morgan fingerprint density at radius 2 is 1.17 bits per heavy atom. The molecule has 0 aromatic carbocycles. The van der Waals surface area contributed by atoms with Crippen molar-refractivity contribution in [1.82, 2.24) is 0 Å². The van der Waals surface area contributed by atoms with Crippen molar-refractivity contribution in [3.05, 3.63) is 6.42 Å². The highest BCUT2D eigenvalue weighted by Crippen LogP contribution is 2.13. The minimum absolute atomic E-state index is 0.894. The van der Waals surface area contributed by atoms with Crippen LogP contribution in [0, 0.1) is 12.3 Å². The third kappa shape index (κ3) is 16.0. The van der Waals surface area contributed by atoms with Crippen molar-refractivity contribution < 1.29 is 0 Å². The van der Waals surface area contributed by atoms with E-state index in [2.05, 4.69) is 27.2 Å². The van der Waals surface area contributed by atoms with E-state index in [1.165, 1.54) is 83.5 Å². The van der Waals surface area contributed by atoms with Crippen LogP contribution in [0.25, 0.3) is 0 Å². The summed E-state index contributed by atoms with van der Waals surface area (Å²) in [5, 5.41) is 0. The highest BCUT2D eigenvalue weighted by Gasteiger charge is 1.95. The summed E-state index contributed by atoms with van der Waals surface area (Å²) in [6.07, 6.45) is 21.0. The van der Waals surface area contributed by atoms with Gasteiger partial charge in [-0.15, -0.1) is 0 Å². The van der Waals surface area contributed by atoms with Crippen LogP contribution in [0.15, 0.2) is 0 Å². The number of hydrogen-bond donors (Lipinski definition) is 0. The van der Waals surface area contributed by atoms with E-state index in [4.69, 9.17) is 0 Å². The molecule has 0 unspecified atom stereocenters. The fourth-order valence-corrected chi connectivity index (χ4v) is 2.41. The molecule has 0 N–H and O–H groups in total. The van der Waals surface area contributed by atoms with Crippen molar-refractivity contribution in [2.24, 2.45) is 5.92 Å². The molecule has 0 atom stereocenters. The largest absolute Gasteiger partial charge is 0.0654 e. The van der Waals surface area contributed by atoms with Gasteiger partial charge >= 0.3 is 0 Å². The van der Waals surface area contributed by atoms with Crippen LogP contribution in [0.2, 0.25) is 0 Å². The van der Waals surface area contributed by atoms with Crippen molar-refractivity contribution in [2.75, 3.05) is 0 Å². The first-order chi connectivity index (χ1) is 8.77. The maximum atomic E-state index is 2.53. The minimum atomic E-state index is 0.894. The smallest absolute Gasteiger partial charge is 0.0386 e. The van der Waals surface area contributed by atoms with Crippen LogP contribution < -0.4 is 0 Å². The lowest BCUT2D eigenvalue weighted by Crippen LogP contribution is -1.87. The summed E-state index contributed by atoms with van der Waals surface area (Å²) in [6, 6.07) is 0. The zero-order chi connectivity index (χ0) is 13.5. The molecule has 0 aliphatic rings. The number of hydrogen-bond acceptors (Lipinski definition) is 0. The van der Waals surface area contributed by atoms with Gasteiger partial charge in [0, 0.05) is 0 Å². The Hall–Kier alpha value is 0. The van der Waals surface area contributed by atoms with Gasteiger partial charge in [-0.2, -0.15) is 0 Å². The third-order valence-electron chi connectivity index (χ3n) is 3.70. The van der Waals surface area contributed by atoms with Crippen LogP contribution >= 0.6 is 0 Å². The molecule has 0 heterocycles. The van der Waals surface area contributed by atoms with Crippen molar-refractivity contribution in [1.29, 1.82) is 0 Å². The predicted molar refractivity (Wildman–Crippen MR) is 84.8 cm³/mol. The molecule has 109 valence electrons. The molecular formula is C18H37. The molecule has 0 nitrogen and oxygen atoms in total. The zero-order valence-electron chi connectivity index (χ0n) is 13.3. The first kappa shape index (κ1) is 18.0. The molecule has 0 spiro atoms. The molecule has 0 rings (SSSR count). The Morgan fingerprint density at radius 1 is 0.667 bits per heavy atom. The SMILES string of the molecule is CCCCCCC[CH]CCCCCCCC(C)C. The molecule has 0 heteroatoms. The van der Waals surface area contributed by atoms with Crippen molar-refractivity contribution in [3.63, 3.8) is 0 Å². The molecule has 0 fully saturated rings. The predicted octanol–water partition coefficient (Wildman–Crippen LogP) is 6.94. The lowest BCUT2D eigenvalue weighted by Gasteiger charge is -2.04. The molecule has 0 aromatic heterocycles. The first-order valence-corrected chi connectivity index (χ1v) is 8.59. The first-order valence-electron chi connectivity index (χ1n) is 8.59. The van der Waals surface area contributed by atoms with E-state index in [0.29, 0.717) is 0 Å². The Balaban J connectivity index is 2.90. The molecule has 18 heavy (non-hydrogen) atoms. The highest BCUT2D eigenvalue weighted by molar-refractivity contribution is 4.64. The highest BCUT2D eigenvalue weighted by atomic mass is 14.0. The van der Waals surface area contributed by atoms with Crippen LogP contribution in [0.1, 0.15) is 104 Å². The van der Waals surface area contributed by atoms with Gasteiger partial charge in [-0.3, -0.25) is 0 Å². The summed E-state index contributed by atoms with van der Waals surface area (Å²) in [7, 11) is 0. The van der Waals surface area contributed by atoms with E-state index >= 15 is 0 Å². The van der Waals surface area contributed by atoms with Gasteiger partial charge in [0.1, 0.15) is 0 Å². The summed E-state index contributed by atoms with van der Waals surface area (Å²) in [6.45, 7) is 6.94. The summed E-state index contributed by atoms with van der Waals surface area (Å²) in [4.78, 5) is 0. The molecule has 0 aliphatic carbocycles. The third-order valence-corrected chi connectivity index (χ3v) is 3.70.